The number of ether oxygens (including phenoxy) is 1. The molecule has 0 bridgehead atoms. The van der Waals surface area contributed by atoms with Crippen LogP contribution in [0.5, 0.6) is 0 Å². The predicted molar refractivity (Wildman–Crippen MR) is 169 cm³/mol. The number of carbonyl (C=O) groups excluding carboxylic acids is 1. The molecule has 3 rings (SSSR count). The lowest BCUT2D eigenvalue weighted by Crippen LogP contribution is -2.46. The highest BCUT2D eigenvalue weighted by Crippen LogP contribution is 2.40. The Hall–Kier alpha value is -3.55. The fourth-order valence-corrected chi connectivity index (χ4v) is 9.74. The lowest BCUT2D eigenvalue weighted by atomic mass is 9.80. The highest BCUT2D eigenvalue weighted by molar-refractivity contribution is 6.87. The molecule has 2 unspecified atom stereocenters. The van der Waals surface area contributed by atoms with Crippen LogP contribution < -0.4 is 10.5 Å². The molecule has 2 aromatic carbocycles. The summed E-state index contributed by atoms with van der Waals surface area (Å²) in [7, 11) is -2.62. The lowest BCUT2D eigenvalue weighted by molar-refractivity contribution is -0.384. The number of rotatable bonds is 11. The van der Waals surface area contributed by atoms with Crippen LogP contribution in [-0.2, 0) is 24.9 Å². The molecule has 0 saturated heterocycles. The SMILES string of the molecule is CC1=C(C(=O)O)C(c2cccc([N+](=O)[O-])c2)C(C(=O)OC(C)CCc2ccc([Si](C)(C)O[SiH2]C(C)(C)C)cc2)=C(C)N1. The summed E-state index contributed by atoms with van der Waals surface area (Å²) in [6.45, 7) is 16.2. The van der Waals surface area contributed by atoms with Gasteiger partial charge in [0.05, 0.1) is 28.1 Å². The average molecular weight is 611 g/mol. The van der Waals surface area contributed by atoms with Crippen LogP contribution in [0.25, 0.3) is 0 Å². The van der Waals surface area contributed by atoms with E-state index in [2.05, 4.69) is 63.4 Å². The van der Waals surface area contributed by atoms with Gasteiger partial charge in [-0.1, -0.05) is 57.2 Å². The number of esters is 1. The highest BCUT2D eigenvalue weighted by atomic mass is 28.4. The predicted octanol–water partition coefficient (Wildman–Crippen LogP) is 5.21. The number of nitro benzene ring substituents is 1. The van der Waals surface area contributed by atoms with E-state index in [0.717, 1.165) is 5.56 Å². The number of carboxylic acids is 1. The first-order chi connectivity index (χ1) is 19.5. The monoisotopic (exact) mass is 610 g/mol. The molecule has 42 heavy (non-hydrogen) atoms. The van der Waals surface area contributed by atoms with E-state index in [9.17, 15) is 24.8 Å². The Bertz CT molecular complexity index is 1410. The number of benzene rings is 2. The second-order valence-electron chi connectivity index (χ2n) is 12.6. The van der Waals surface area contributed by atoms with Gasteiger partial charge in [0, 0.05) is 23.5 Å². The molecule has 1 aliphatic rings. The number of non-ortho nitro benzene ring substituents is 1. The van der Waals surface area contributed by atoms with Gasteiger partial charge in [-0.25, -0.2) is 9.59 Å². The van der Waals surface area contributed by atoms with Gasteiger partial charge in [0.25, 0.3) is 5.69 Å². The van der Waals surface area contributed by atoms with Crippen LogP contribution in [0.4, 0.5) is 5.69 Å². The number of nitrogens with one attached hydrogen (secondary N) is 1. The Kier molecular flexibility index (Phi) is 10.3. The largest absolute Gasteiger partial charge is 0.478 e. The summed E-state index contributed by atoms with van der Waals surface area (Å²) in [4.78, 5) is 36.7. The van der Waals surface area contributed by atoms with Crippen LogP contribution in [0.3, 0.4) is 0 Å². The first-order valence-corrected chi connectivity index (χ1v) is 18.3. The molecule has 0 spiro atoms. The minimum absolute atomic E-state index is 0.0542. The summed E-state index contributed by atoms with van der Waals surface area (Å²) in [6, 6.07) is 14.2. The topological polar surface area (TPSA) is 128 Å². The molecule has 0 fully saturated rings. The van der Waals surface area contributed by atoms with Crippen LogP contribution in [0.2, 0.25) is 18.1 Å². The summed E-state index contributed by atoms with van der Waals surface area (Å²) >= 11 is 0. The molecule has 0 aliphatic carbocycles. The van der Waals surface area contributed by atoms with Gasteiger partial charge in [-0.15, -0.1) is 0 Å². The van der Waals surface area contributed by atoms with Crippen LogP contribution >= 0.6 is 0 Å². The molecule has 9 nitrogen and oxygen atoms in total. The van der Waals surface area contributed by atoms with Crippen molar-refractivity contribution in [3.8, 4) is 0 Å². The molecule has 11 heteroatoms. The maximum Gasteiger partial charge on any atom is 0.337 e. The van der Waals surface area contributed by atoms with Crippen LogP contribution in [-0.4, -0.2) is 46.2 Å². The van der Waals surface area contributed by atoms with Gasteiger partial charge < -0.3 is 19.3 Å². The smallest absolute Gasteiger partial charge is 0.337 e. The molecule has 1 aliphatic heterocycles. The van der Waals surface area contributed by atoms with Gasteiger partial charge in [0.1, 0.15) is 0 Å². The molecule has 2 atom stereocenters. The first-order valence-electron chi connectivity index (χ1n) is 14.1. The molecular weight excluding hydrogens is 569 g/mol. The molecule has 2 N–H and O–H groups in total. The number of carbonyl (C=O) groups is 2. The molecule has 2 aromatic rings. The Labute approximate surface area is 251 Å². The van der Waals surface area contributed by atoms with E-state index in [1.807, 2.05) is 0 Å². The number of hydrogen-bond acceptors (Lipinski definition) is 7. The van der Waals surface area contributed by atoms with E-state index in [0.29, 0.717) is 29.8 Å². The third-order valence-electron chi connectivity index (χ3n) is 7.29. The zero-order valence-corrected chi connectivity index (χ0v) is 28.2. The standard InChI is InChI=1S/C31H42N2O7Si2/c1-19(12-13-22-14-16-25(17-15-22)42(7,8)40-41-31(4,5)6)39-30(36)27-21(3)32-20(2)26(29(34)35)28(27)23-10-9-11-24(18-23)33(37)38/h9-11,14-19,28,32H,12-13,41H2,1-8H3,(H,34,35). The number of aryl methyl sites for hydroxylation is 1. The third-order valence-corrected chi connectivity index (χ3v) is 13.3. The zero-order chi connectivity index (χ0) is 31.4. The van der Waals surface area contributed by atoms with Crippen molar-refractivity contribution in [3.05, 3.63) is 92.3 Å². The second kappa shape index (κ2) is 13.2. The van der Waals surface area contributed by atoms with Gasteiger partial charge in [0.15, 0.2) is 9.76 Å². The van der Waals surface area contributed by atoms with E-state index in [4.69, 9.17) is 8.85 Å². The minimum Gasteiger partial charge on any atom is -0.478 e. The molecule has 0 amide bonds. The van der Waals surface area contributed by atoms with Gasteiger partial charge in [-0.2, -0.15) is 0 Å². The Morgan fingerprint density at radius 3 is 2.29 bits per heavy atom. The summed E-state index contributed by atoms with van der Waals surface area (Å²) < 4.78 is 12.3. The summed E-state index contributed by atoms with van der Waals surface area (Å²) in [5.74, 6) is -2.89. The van der Waals surface area contributed by atoms with Crippen molar-refractivity contribution >= 4 is 40.9 Å². The molecular formula is C31H42N2O7Si2. The molecule has 0 aromatic heterocycles. The van der Waals surface area contributed by atoms with E-state index in [1.165, 1.54) is 23.4 Å². The van der Waals surface area contributed by atoms with Gasteiger partial charge in [-0.3, -0.25) is 10.1 Å². The van der Waals surface area contributed by atoms with Crippen LogP contribution in [0, 0.1) is 10.1 Å². The number of aliphatic carboxylic acids is 1. The van der Waals surface area contributed by atoms with E-state index in [-0.39, 0.29) is 21.9 Å². The van der Waals surface area contributed by atoms with E-state index < -0.39 is 47.0 Å². The zero-order valence-electron chi connectivity index (χ0n) is 25.7. The van der Waals surface area contributed by atoms with Crippen molar-refractivity contribution in [3.63, 3.8) is 0 Å². The lowest BCUT2D eigenvalue weighted by Gasteiger charge is -2.30. The van der Waals surface area contributed by atoms with Crippen molar-refractivity contribution in [2.45, 2.75) is 84.5 Å². The van der Waals surface area contributed by atoms with Crippen molar-refractivity contribution in [1.82, 2.24) is 5.32 Å². The molecule has 226 valence electrons. The Balaban J connectivity index is 1.74. The first kappa shape index (κ1) is 33.0. The second-order valence-corrected chi connectivity index (χ2v) is 19.8. The number of hydrogen-bond donors (Lipinski definition) is 2. The molecule has 1 heterocycles. The number of nitro groups is 1. The van der Waals surface area contributed by atoms with Crippen LogP contribution in [0.1, 0.15) is 65.0 Å². The average Bonchev–Trinajstić information content (AvgIpc) is 2.90. The Morgan fingerprint density at radius 1 is 1.10 bits per heavy atom. The van der Waals surface area contributed by atoms with Gasteiger partial charge in [-0.05, 0) is 68.1 Å². The van der Waals surface area contributed by atoms with E-state index >= 15 is 0 Å². The normalized spacial score (nSPS) is 16.9. The number of allylic oxidation sites excluding steroid dienone is 2. The van der Waals surface area contributed by atoms with E-state index in [1.54, 1.807) is 26.8 Å². The van der Waals surface area contributed by atoms with Crippen molar-refractivity contribution in [2.75, 3.05) is 0 Å². The van der Waals surface area contributed by atoms with Crippen molar-refractivity contribution < 1.29 is 28.5 Å². The highest BCUT2D eigenvalue weighted by Gasteiger charge is 2.38. The number of dihydropyridines is 1. The Morgan fingerprint density at radius 2 is 1.71 bits per heavy atom. The van der Waals surface area contributed by atoms with Gasteiger partial charge in [0.2, 0.25) is 8.32 Å². The summed E-state index contributed by atoms with van der Waals surface area (Å²) in [5, 5.41) is 25.9. The van der Waals surface area contributed by atoms with Crippen molar-refractivity contribution in [2.24, 2.45) is 0 Å². The maximum atomic E-state index is 13.5. The summed E-state index contributed by atoms with van der Waals surface area (Å²) in [5.41, 5.74) is 2.15. The third kappa shape index (κ3) is 8.27. The van der Waals surface area contributed by atoms with Crippen LogP contribution in [0.15, 0.2) is 71.1 Å². The number of nitrogens with zero attached hydrogens (tertiary/aromatic N) is 1. The quantitative estimate of drug-likeness (QED) is 0.154. The summed E-state index contributed by atoms with van der Waals surface area (Å²) in [6.07, 6.45) is 0.815. The van der Waals surface area contributed by atoms with Gasteiger partial charge >= 0.3 is 11.9 Å². The fourth-order valence-electron chi connectivity index (χ4n) is 4.93. The minimum atomic E-state index is -1.97. The number of carboxylic acid groups (broad SMARTS) is 1. The molecule has 0 radical (unpaired) electrons. The fraction of sp³-hybridized carbons (Fsp3) is 0.419. The van der Waals surface area contributed by atoms with Crippen molar-refractivity contribution in [1.29, 1.82) is 0 Å². The molecule has 0 saturated carbocycles. The maximum absolute atomic E-state index is 13.5.